The molecule has 8 heteroatoms. The van der Waals surface area contributed by atoms with Gasteiger partial charge in [0, 0.05) is 37.7 Å². The van der Waals surface area contributed by atoms with Gasteiger partial charge in [-0.25, -0.2) is 4.68 Å². The van der Waals surface area contributed by atoms with Crippen molar-refractivity contribution >= 4 is 17.0 Å². The second-order valence-corrected chi connectivity index (χ2v) is 10.5. The molecule has 0 bridgehead atoms. The van der Waals surface area contributed by atoms with Crippen molar-refractivity contribution in [3.05, 3.63) is 81.9 Å². The molecule has 1 aliphatic heterocycles. The fraction of sp³-hybridized carbons (Fsp3) is 0.387. The van der Waals surface area contributed by atoms with E-state index in [1.54, 1.807) is 11.8 Å². The number of methoxy groups -OCH3 is 2. The normalized spacial score (nSPS) is 17.7. The van der Waals surface area contributed by atoms with Crippen LogP contribution in [-0.2, 0) is 29.5 Å². The van der Waals surface area contributed by atoms with Crippen molar-refractivity contribution in [3.63, 3.8) is 0 Å². The van der Waals surface area contributed by atoms with Gasteiger partial charge in [-0.05, 0) is 59.7 Å². The van der Waals surface area contributed by atoms with Gasteiger partial charge < -0.3 is 14.2 Å². The second kappa shape index (κ2) is 10.3. The summed E-state index contributed by atoms with van der Waals surface area (Å²) in [6, 6.07) is 17.4. The van der Waals surface area contributed by atoms with Crippen LogP contribution in [-0.4, -0.2) is 53.2 Å². The van der Waals surface area contributed by atoms with E-state index >= 15 is 0 Å². The lowest BCUT2D eigenvalue weighted by atomic mass is 9.84. The Labute approximate surface area is 228 Å². The maximum absolute atomic E-state index is 12.7. The summed E-state index contributed by atoms with van der Waals surface area (Å²) in [6.07, 6.45) is 2.33. The first-order valence-electron chi connectivity index (χ1n) is 13.5. The first-order chi connectivity index (χ1) is 19.0. The lowest BCUT2D eigenvalue weighted by Gasteiger charge is -2.28. The number of rotatable bonds is 6. The van der Waals surface area contributed by atoms with Crippen LogP contribution in [0.5, 0.6) is 11.5 Å². The molecule has 0 amide bonds. The van der Waals surface area contributed by atoms with Crippen LogP contribution in [0.15, 0.2) is 48.5 Å². The number of esters is 1. The zero-order valence-corrected chi connectivity index (χ0v) is 22.9. The van der Waals surface area contributed by atoms with E-state index in [0.29, 0.717) is 18.4 Å². The van der Waals surface area contributed by atoms with Gasteiger partial charge in [0.05, 0.1) is 20.6 Å². The SMILES string of the molecule is COC(=O)CC(c1ccc2c(c1)C(N1CCOc3ccccc3C1)CC2)c1cc(OC)c2c(nnn2C)c1C. The van der Waals surface area contributed by atoms with E-state index in [4.69, 9.17) is 14.2 Å². The maximum Gasteiger partial charge on any atom is 0.306 e. The lowest BCUT2D eigenvalue weighted by molar-refractivity contribution is -0.140. The number of nitrogens with zero attached hydrogens (tertiary/aromatic N) is 4. The molecule has 2 aliphatic rings. The Morgan fingerprint density at radius 3 is 2.82 bits per heavy atom. The van der Waals surface area contributed by atoms with E-state index in [9.17, 15) is 4.79 Å². The highest BCUT2D eigenvalue weighted by Crippen LogP contribution is 2.42. The summed E-state index contributed by atoms with van der Waals surface area (Å²) in [4.78, 5) is 15.2. The summed E-state index contributed by atoms with van der Waals surface area (Å²) in [5.74, 6) is 1.21. The molecule has 0 N–H and O–H groups in total. The minimum atomic E-state index is -0.254. The Morgan fingerprint density at radius 2 is 2.00 bits per heavy atom. The zero-order valence-electron chi connectivity index (χ0n) is 22.9. The standard InChI is InChI=1S/C31H34N4O4/c1-19-23(16-28(37-3)31-30(19)32-33-34(31)2)24(17-29(36)38-4)21-10-9-20-11-12-26(25(20)15-21)35-13-14-39-27-8-6-5-7-22(27)18-35/h5-10,15-16,24,26H,11-14,17-18H2,1-4H3. The van der Waals surface area contributed by atoms with Crippen LogP contribution in [0.2, 0.25) is 0 Å². The molecule has 0 saturated heterocycles. The molecule has 0 radical (unpaired) electrons. The Morgan fingerprint density at radius 1 is 1.15 bits per heavy atom. The highest BCUT2D eigenvalue weighted by Gasteiger charge is 2.32. The Bertz CT molecular complexity index is 1550. The molecule has 3 aromatic carbocycles. The van der Waals surface area contributed by atoms with Crippen molar-refractivity contribution in [2.75, 3.05) is 27.4 Å². The zero-order chi connectivity index (χ0) is 27.1. The summed E-state index contributed by atoms with van der Waals surface area (Å²) in [5.41, 5.74) is 8.64. The summed E-state index contributed by atoms with van der Waals surface area (Å²) in [7, 11) is 4.95. The molecule has 2 atom stereocenters. The van der Waals surface area contributed by atoms with Crippen LogP contribution in [0.4, 0.5) is 0 Å². The Balaban J connectivity index is 1.41. The van der Waals surface area contributed by atoms with Gasteiger partial charge in [-0.1, -0.05) is 41.6 Å². The summed E-state index contributed by atoms with van der Waals surface area (Å²) in [5, 5.41) is 8.65. The minimum Gasteiger partial charge on any atom is -0.494 e. The number of aromatic nitrogens is 3. The fourth-order valence-electron chi connectivity index (χ4n) is 6.32. The van der Waals surface area contributed by atoms with Crippen LogP contribution in [0.25, 0.3) is 11.0 Å². The second-order valence-electron chi connectivity index (χ2n) is 10.5. The van der Waals surface area contributed by atoms with E-state index in [-0.39, 0.29) is 18.3 Å². The highest BCUT2D eigenvalue weighted by molar-refractivity contribution is 5.86. The Kier molecular flexibility index (Phi) is 6.73. The van der Waals surface area contributed by atoms with Gasteiger partial charge >= 0.3 is 5.97 Å². The van der Waals surface area contributed by atoms with Gasteiger partial charge in [0.25, 0.3) is 0 Å². The largest absolute Gasteiger partial charge is 0.494 e. The van der Waals surface area contributed by atoms with Crippen LogP contribution < -0.4 is 9.47 Å². The van der Waals surface area contributed by atoms with Crippen molar-refractivity contribution in [1.29, 1.82) is 0 Å². The molecule has 1 aliphatic carbocycles. The topological polar surface area (TPSA) is 78.7 Å². The Hall–Kier alpha value is -3.91. The number of hydrogen-bond donors (Lipinski definition) is 0. The molecule has 0 spiro atoms. The predicted octanol–water partition coefficient (Wildman–Crippen LogP) is 4.86. The minimum absolute atomic E-state index is 0.211. The summed E-state index contributed by atoms with van der Waals surface area (Å²) >= 11 is 0. The maximum atomic E-state index is 12.7. The summed E-state index contributed by atoms with van der Waals surface area (Å²) in [6.45, 7) is 4.44. The van der Waals surface area contributed by atoms with Crippen LogP contribution >= 0.6 is 0 Å². The average Bonchev–Trinajstić information content (AvgIpc) is 3.49. The van der Waals surface area contributed by atoms with Gasteiger partial charge in [0.2, 0.25) is 0 Å². The molecular weight excluding hydrogens is 492 g/mol. The molecule has 202 valence electrons. The van der Waals surface area contributed by atoms with Gasteiger partial charge in [-0.2, -0.15) is 0 Å². The molecule has 8 nitrogen and oxygen atoms in total. The quantitative estimate of drug-likeness (QED) is 0.332. The molecule has 0 fully saturated rings. The monoisotopic (exact) mass is 526 g/mol. The number of hydrogen-bond acceptors (Lipinski definition) is 7. The van der Waals surface area contributed by atoms with E-state index in [0.717, 1.165) is 59.4 Å². The van der Waals surface area contributed by atoms with Crippen molar-refractivity contribution in [1.82, 2.24) is 19.9 Å². The lowest BCUT2D eigenvalue weighted by Crippen LogP contribution is -2.29. The number of benzene rings is 3. The number of carbonyl (C=O) groups excluding carboxylic acids is 1. The van der Waals surface area contributed by atoms with Crippen molar-refractivity contribution in [2.24, 2.45) is 7.05 Å². The van der Waals surface area contributed by atoms with Crippen molar-refractivity contribution < 1.29 is 19.0 Å². The predicted molar refractivity (Wildman–Crippen MR) is 148 cm³/mol. The van der Waals surface area contributed by atoms with E-state index in [1.807, 2.05) is 26.1 Å². The number of carbonyl (C=O) groups is 1. The molecule has 39 heavy (non-hydrogen) atoms. The molecule has 0 saturated carbocycles. The van der Waals surface area contributed by atoms with Gasteiger partial charge in [0.15, 0.2) is 0 Å². The molecule has 6 rings (SSSR count). The molecule has 2 heterocycles. The number of fused-ring (bicyclic) bond motifs is 3. The first kappa shape index (κ1) is 25.4. The third-order valence-electron chi connectivity index (χ3n) is 8.37. The van der Waals surface area contributed by atoms with Crippen LogP contribution in [0.1, 0.15) is 58.2 Å². The highest BCUT2D eigenvalue weighted by atomic mass is 16.5. The molecule has 2 unspecified atom stereocenters. The number of para-hydroxylation sites is 1. The van der Waals surface area contributed by atoms with Gasteiger partial charge in [-0.3, -0.25) is 9.69 Å². The first-order valence-corrected chi connectivity index (χ1v) is 13.5. The van der Waals surface area contributed by atoms with E-state index in [2.05, 4.69) is 51.6 Å². The third kappa shape index (κ3) is 4.52. The number of aryl methyl sites for hydroxylation is 3. The fourth-order valence-corrected chi connectivity index (χ4v) is 6.32. The number of ether oxygens (including phenoxy) is 3. The third-order valence-corrected chi connectivity index (χ3v) is 8.37. The smallest absolute Gasteiger partial charge is 0.306 e. The van der Waals surface area contributed by atoms with Crippen LogP contribution in [0, 0.1) is 6.92 Å². The molecule has 4 aromatic rings. The van der Waals surface area contributed by atoms with E-state index in [1.165, 1.54) is 23.8 Å². The average molecular weight is 527 g/mol. The van der Waals surface area contributed by atoms with Crippen LogP contribution in [0.3, 0.4) is 0 Å². The molecular formula is C31H34N4O4. The van der Waals surface area contributed by atoms with Crippen molar-refractivity contribution in [2.45, 2.75) is 44.7 Å². The summed E-state index contributed by atoms with van der Waals surface area (Å²) < 4.78 is 18.7. The van der Waals surface area contributed by atoms with Gasteiger partial charge in [0.1, 0.15) is 29.1 Å². The van der Waals surface area contributed by atoms with E-state index < -0.39 is 0 Å². The van der Waals surface area contributed by atoms with Gasteiger partial charge in [-0.15, -0.1) is 5.10 Å². The molecule has 1 aromatic heterocycles. The van der Waals surface area contributed by atoms with Crippen molar-refractivity contribution in [3.8, 4) is 11.5 Å².